The predicted octanol–water partition coefficient (Wildman–Crippen LogP) is 5.25. The van der Waals surface area contributed by atoms with E-state index in [1.165, 1.54) is 28.8 Å². The molecule has 32 heavy (non-hydrogen) atoms. The van der Waals surface area contributed by atoms with Crippen LogP contribution < -0.4 is 10.2 Å². The SMILES string of the molecule is Cc1cccc(NC(=O)CSC2=N/C(=C\c3ccc(F)cc3)C(=O)N2c2ccccc2)c1. The molecule has 3 aromatic rings. The van der Waals surface area contributed by atoms with Crippen LogP contribution in [0.5, 0.6) is 0 Å². The zero-order valence-corrected chi connectivity index (χ0v) is 18.1. The second-order valence-electron chi connectivity index (χ2n) is 7.16. The summed E-state index contributed by atoms with van der Waals surface area (Å²) >= 11 is 1.18. The summed E-state index contributed by atoms with van der Waals surface area (Å²) in [5, 5.41) is 3.27. The first-order valence-corrected chi connectivity index (χ1v) is 10.9. The number of aryl methyl sites for hydroxylation is 1. The summed E-state index contributed by atoms with van der Waals surface area (Å²) in [5.41, 5.74) is 3.31. The molecule has 0 radical (unpaired) electrons. The van der Waals surface area contributed by atoms with Crippen LogP contribution in [0.3, 0.4) is 0 Å². The van der Waals surface area contributed by atoms with Gasteiger partial charge in [-0.3, -0.25) is 14.5 Å². The lowest BCUT2D eigenvalue weighted by Crippen LogP contribution is -2.31. The summed E-state index contributed by atoms with van der Waals surface area (Å²) in [6.45, 7) is 1.95. The number of halogens is 1. The van der Waals surface area contributed by atoms with Gasteiger partial charge in [0.05, 0.1) is 11.4 Å². The third-order valence-electron chi connectivity index (χ3n) is 4.65. The lowest BCUT2D eigenvalue weighted by molar-refractivity contribution is -0.114. The molecule has 1 N–H and O–H groups in total. The second-order valence-corrected chi connectivity index (χ2v) is 8.10. The molecule has 4 rings (SSSR count). The number of hydrogen-bond donors (Lipinski definition) is 1. The number of anilines is 2. The van der Waals surface area contributed by atoms with Crippen molar-refractivity contribution in [3.8, 4) is 0 Å². The van der Waals surface area contributed by atoms with Gasteiger partial charge in [0.2, 0.25) is 5.91 Å². The Kier molecular flexibility index (Phi) is 6.47. The van der Waals surface area contributed by atoms with E-state index in [4.69, 9.17) is 0 Å². The summed E-state index contributed by atoms with van der Waals surface area (Å²) < 4.78 is 13.2. The molecule has 0 saturated carbocycles. The molecule has 0 fully saturated rings. The molecule has 2 amide bonds. The van der Waals surface area contributed by atoms with E-state index in [0.29, 0.717) is 16.4 Å². The van der Waals surface area contributed by atoms with Crippen LogP contribution in [0.1, 0.15) is 11.1 Å². The third kappa shape index (κ3) is 5.12. The van der Waals surface area contributed by atoms with E-state index < -0.39 is 0 Å². The molecule has 160 valence electrons. The number of aliphatic imine (C=N–C) groups is 1. The molecule has 0 aromatic heterocycles. The zero-order valence-electron chi connectivity index (χ0n) is 17.3. The van der Waals surface area contributed by atoms with Crippen LogP contribution in [0.25, 0.3) is 6.08 Å². The number of carbonyl (C=O) groups is 2. The molecule has 5 nitrogen and oxygen atoms in total. The molecular formula is C25H20FN3O2S. The fourth-order valence-electron chi connectivity index (χ4n) is 3.16. The van der Waals surface area contributed by atoms with Crippen molar-refractivity contribution in [3.05, 3.63) is 102 Å². The Morgan fingerprint density at radius 1 is 1.06 bits per heavy atom. The fraction of sp³-hybridized carbons (Fsp3) is 0.0800. The van der Waals surface area contributed by atoms with E-state index in [2.05, 4.69) is 10.3 Å². The van der Waals surface area contributed by atoms with Gasteiger partial charge in [-0.25, -0.2) is 9.38 Å². The van der Waals surface area contributed by atoms with Crippen molar-refractivity contribution in [3.63, 3.8) is 0 Å². The van der Waals surface area contributed by atoms with Crippen LogP contribution in [0, 0.1) is 12.7 Å². The van der Waals surface area contributed by atoms with Gasteiger partial charge in [0, 0.05) is 5.69 Å². The summed E-state index contributed by atoms with van der Waals surface area (Å²) in [4.78, 5) is 31.6. The standard InChI is InChI=1S/C25H20FN3O2S/c1-17-6-5-7-20(14-17)27-23(30)16-32-25-28-22(15-18-10-12-19(26)13-11-18)24(31)29(25)21-8-3-2-4-9-21/h2-15H,16H2,1H3,(H,27,30)/b22-15-. The van der Waals surface area contributed by atoms with Gasteiger partial charge in [-0.15, -0.1) is 0 Å². The first kappa shape index (κ1) is 21.5. The smallest absolute Gasteiger partial charge is 0.283 e. The minimum Gasteiger partial charge on any atom is -0.325 e. The van der Waals surface area contributed by atoms with Crippen LogP contribution in [0.4, 0.5) is 15.8 Å². The van der Waals surface area contributed by atoms with Crippen molar-refractivity contribution in [2.75, 3.05) is 16.0 Å². The minimum absolute atomic E-state index is 0.0905. The van der Waals surface area contributed by atoms with E-state index in [-0.39, 0.29) is 29.1 Å². The maximum Gasteiger partial charge on any atom is 0.283 e. The van der Waals surface area contributed by atoms with E-state index in [1.54, 1.807) is 18.2 Å². The number of carbonyl (C=O) groups excluding carboxylic acids is 2. The number of amides is 2. The van der Waals surface area contributed by atoms with Gasteiger partial charge in [0.25, 0.3) is 5.91 Å². The highest BCUT2D eigenvalue weighted by atomic mass is 32.2. The number of para-hydroxylation sites is 1. The molecule has 0 aliphatic carbocycles. The van der Waals surface area contributed by atoms with Crippen molar-refractivity contribution in [2.45, 2.75) is 6.92 Å². The second kappa shape index (κ2) is 9.62. The molecule has 0 unspecified atom stereocenters. The van der Waals surface area contributed by atoms with Gasteiger partial charge in [0.1, 0.15) is 11.5 Å². The molecule has 0 saturated heterocycles. The molecule has 0 spiro atoms. The number of nitrogens with zero attached hydrogens (tertiary/aromatic N) is 2. The first-order valence-electron chi connectivity index (χ1n) is 9.94. The number of rotatable bonds is 5. The molecule has 1 heterocycles. The molecule has 0 bridgehead atoms. The average molecular weight is 446 g/mol. The van der Waals surface area contributed by atoms with Crippen molar-refractivity contribution in [2.24, 2.45) is 4.99 Å². The largest absolute Gasteiger partial charge is 0.325 e. The third-order valence-corrected chi connectivity index (χ3v) is 5.59. The number of nitrogens with one attached hydrogen (secondary N) is 1. The van der Waals surface area contributed by atoms with E-state index in [9.17, 15) is 14.0 Å². The zero-order chi connectivity index (χ0) is 22.5. The number of benzene rings is 3. The van der Waals surface area contributed by atoms with Crippen LogP contribution in [0.2, 0.25) is 0 Å². The van der Waals surface area contributed by atoms with Crippen molar-refractivity contribution in [1.82, 2.24) is 0 Å². The Morgan fingerprint density at radius 2 is 1.81 bits per heavy atom. The Hall–Kier alpha value is -3.71. The van der Waals surface area contributed by atoms with E-state index in [0.717, 1.165) is 11.3 Å². The van der Waals surface area contributed by atoms with Crippen LogP contribution in [0.15, 0.2) is 89.6 Å². The molecule has 3 aromatic carbocycles. The highest BCUT2D eigenvalue weighted by molar-refractivity contribution is 8.14. The van der Waals surface area contributed by atoms with Gasteiger partial charge in [-0.05, 0) is 60.5 Å². The lowest BCUT2D eigenvalue weighted by atomic mass is 10.2. The summed E-state index contributed by atoms with van der Waals surface area (Å²) in [5.74, 6) is -0.759. The monoisotopic (exact) mass is 445 g/mol. The molecule has 1 aliphatic heterocycles. The highest BCUT2D eigenvalue weighted by Gasteiger charge is 2.32. The fourth-order valence-corrected chi connectivity index (χ4v) is 3.98. The van der Waals surface area contributed by atoms with Crippen molar-refractivity contribution >= 4 is 46.2 Å². The number of thioether (sulfide) groups is 1. The topological polar surface area (TPSA) is 61.8 Å². The summed E-state index contributed by atoms with van der Waals surface area (Å²) in [7, 11) is 0. The van der Waals surface area contributed by atoms with Crippen molar-refractivity contribution in [1.29, 1.82) is 0 Å². The Bertz CT molecular complexity index is 1210. The maximum absolute atomic E-state index is 13.2. The van der Waals surface area contributed by atoms with Crippen LogP contribution >= 0.6 is 11.8 Å². The predicted molar refractivity (Wildman–Crippen MR) is 128 cm³/mol. The van der Waals surface area contributed by atoms with E-state index >= 15 is 0 Å². The summed E-state index contributed by atoms with van der Waals surface area (Å²) in [6.07, 6.45) is 1.61. The first-order chi connectivity index (χ1) is 15.5. The quantitative estimate of drug-likeness (QED) is 0.546. The molecule has 0 atom stereocenters. The van der Waals surface area contributed by atoms with Gasteiger partial charge >= 0.3 is 0 Å². The Labute approximate surface area is 189 Å². The number of amidine groups is 1. The maximum atomic E-state index is 13.2. The van der Waals surface area contributed by atoms with Gasteiger partial charge in [-0.2, -0.15) is 0 Å². The Balaban J connectivity index is 1.55. The van der Waals surface area contributed by atoms with Gasteiger partial charge in [0.15, 0.2) is 5.17 Å². The van der Waals surface area contributed by atoms with E-state index in [1.807, 2.05) is 61.5 Å². The minimum atomic E-state index is -0.352. The molecule has 1 aliphatic rings. The lowest BCUT2D eigenvalue weighted by Gasteiger charge is -2.17. The normalized spacial score (nSPS) is 14.6. The van der Waals surface area contributed by atoms with Gasteiger partial charge < -0.3 is 5.32 Å². The Morgan fingerprint density at radius 3 is 2.53 bits per heavy atom. The molecule has 7 heteroatoms. The summed E-state index contributed by atoms with van der Waals surface area (Å²) in [6, 6.07) is 22.5. The highest BCUT2D eigenvalue weighted by Crippen LogP contribution is 2.29. The van der Waals surface area contributed by atoms with Gasteiger partial charge in [-0.1, -0.05) is 54.2 Å². The van der Waals surface area contributed by atoms with Crippen LogP contribution in [-0.4, -0.2) is 22.7 Å². The van der Waals surface area contributed by atoms with Crippen LogP contribution in [-0.2, 0) is 9.59 Å². The molecular weight excluding hydrogens is 425 g/mol. The average Bonchev–Trinajstić information content (AvgIpc) is 3.09. The number of hydrogen-bond acceptors (Lipinski definition) is 4. The van der Waals surface area contributed by atoms with Crippen molar-refractivity contribution < 1.29 is 14.0 Å².